The summed E-state index contributed by atoms with van der Waals surface area (Å²) in [5.74, 6) is -0.0261. The normalized spacial score (nSPS) is 25.8. The second kappa shape index (κ2) is 5.62. The van der Waals surface area contributed by atoms with Crippen molar-refractivity contribution in [1.82, 2.24) is 5.32 Å². The van der Waals surface area contributed by atoms with Gasteiger partial charge in [-0.2, -0.15) is 0 Å². The quantitative estimate of drug-likeness (QED) is 0.854. The van der Waals surface area contributed by atoms with Crippen LogP contribution in [0.4, 0.5) is 0 Å². The summed E-state index contributed by atoms with van der Waals surface area (Å²) in [6.45, 7) is 2.48. The predicted molar refractivity (Wildman–Crippen MR) is 67.8 cm³/mol. The Kier molecular flexibility index (Phi) is 4.15. The first-order chi connectivity index (χ1) is 8.20. The van der Waals surface area contributed by atoms with Crippen molar-refractivity contribution < 1.29 is 9.53 Å². The van der Waals surface area contributed by atoms with Crippen molar-refractivity contribution >= 4 is 17.2 Å². The van der Waals surface area contributed by atoms with Gasteiger partial charge in [0.25, 0.3) is 0 Å². The lowest BCUT2D eigenvalue weighted by Crippen LogP contribution is -2.36. The lowest BCUT2D eigenvalue weighted by Gasteiger charge is -2.16. The fourth-order valence-corrected chi connectivity index (χ4v) is 2.72. The second-order valence-corrected chi connectivity index (χ2v) is 5.28. The minimum atomic E-state index is -0.328. The zero-order valence-electron chi connectivity index (χ0n) is 9.89. The molecule has 1 amide bonds. The van der Waals surface area contributed by atoms with Gasteiger partial charge >= 0.3 is 0 Å². The highest BCUT2D eigenvalue weighted by atomic mass is 32.1. The number of nitrogens with one attached hydrogen (secondary N) is 1. The third-order valence-electron chi connectivity index (χ3n) is 2.99. The van der Waals surface area contributed by atoms with Crippen molar-refractivity contribution in [1.29, 1.82) is 0 Å². The van der Waals surface area contributed by atoms with Crippen LogP contribution in [0.3, 0.4) is 0 Å². The number of carbonyl (C=O) groups is 1. The van der Waals surface area contributed by atoms with Crippen LogP contribution in [0.15, 0.2) is 17.5 Å². The van der Waals surface area contributed by atoms with Crippen LogP contribution < -0.4 is 11.1 Å². The van der Waals surface area contributed by atoms with E-state index in [2.05, 4.69) is 5.32 Å². The van der Waals surface area contributed by atoms with E-state index in [0.29, 0.717) is 6.54 Å². The standard InChI is InChI=1S/C12H18N2O2S/c1-8(11-3-2-6-17-11)14-12(15)10-5-4-9(7-13)16-10/h2-3,6,8-10H,4-5,7,13H2,1H3,(H,14,15)/t8-,9?,10?/m0/s1. The summed E-state index contributed by atoms with van der Waals surface area (Å²) in [5, 5.41) is 4.98. The maximum atomic E-state index is 11.9. The van der Waals surface area contributed by atoms with Gasteiger partial charge in [-0.3, -0.25) is 4.79 Å². The van der Waals surface area contributed by atoms with E-state index in [1.165, 1.54) is 0 Å². The molecule has 1 aromatic heterocycles. The molecule has 2 heterocycles. The van der Waals surface area contributed by atoms with E-state index in [1.807, 2.05) is 24.4 Å². The molecule has 17 heavy (non-hydrogen) atoms. The van der Waals surface area contributed by atoms with E-state index in [-0.39, 0.29) is 24.2 Å². The monoisotopic (exact) mass is 254 g/mol. The van der Waals surface area contributed by atoms with Crippen molar-refractivity contribution in [2.24, 2.45) is 5.73 Å². The zero-order valence-corrected chi connectivity index (χ0v) is 10.7. The molecular weight excluding hydrogens is 236 g/mol. The van der Waals surface area contributed by atoms with E-state index in [0.717, 1.165) is 17.7 Å². The average molecular weight is 254 g/mol. The van der Waals surface area contributed by atoms with Gasteiger partial charge in [-0.25, -0.2) is 0 Å². The highest BCUT2D eigenvalue weighted by Gasteiger charge is 2.30. The third kappa shape index (κ3) is 3.06. The molecule has 3 atom stereocenters. The molecule has 1 aliphatic heterocycles. The molecule has 0 radical (unpaired) electrons. The number of ether oxygens (including phenoxy) is 1. The van der Waals surface area contributed by atoms with Crippen molar-refractivity contribution in [3.8, 4) is 0 Å². The van der Waals surface area contributed by atoms with Crippen molar-refractivity contribution in [2.45, 2.75) is 38.0 Å². The number of amides is 1. The van der Waals surface area contributed by atoms with Crippen molar-refractivity contribution in [3.63, 3.8) is 0 Å². The van der Waals surface area contributed by atoms with E-state index in [9.17, 15) is 4.79 Å². The summed E-state index contributed by atoms with van der Waals surface area (Å²) >= 11 is 1.65. The fraction of sp³-hybridized carbons (Fsp3) is 0.583. The van der Waals surface area contributed by atoms with Gasteiger partial charge in [0.15, 0.2) is 0 Å². The molecule has 1 aliphatic rings. The Hall–Kier alpha value is -0.910. The number of rotatable bonds is 4. The van der Waals surface area contributed by atoms with Crippen LogP contribution in [-0.2, 0) is 9.53 Å². The Morgan fingerprint density at radius 3 is 3.12 bits per heavy atom. The number of carbonyl (C=O) groups excluding carboxylic acids is 1. The minimum Gasteiger partial charge on any atom is -0.364 e. The molecule has 2 rings (SSSR count). The summed E-state index contributed by atoms with van der Waals surface area (Å²) in [5.41, 5.74) is 5.52. The molecular formula is C12H18N2O2S. The number of thiophene rings is 1. The van der Waals surface area contributed by atoms with Gasteiger partial charge in [0, 0.05) is 11.4 Å². The van der Waals surface area contributed by atoms with Gasteiger partial charge in [0.1, 0.15) is 6.10 Å². The molecule has 0 aromatic carbocycles. The summed E-state index contributed by atoms with van der Waals surface area (Å²) in [4.78, 5) is 13.1. The number of hydrogen-bond donors (Lipinski definition) is 2. The molecule has 2 unspecified atom stereocenters. The summed E-state index contributed by atoms with van der Waals surface area (Å²) < 4.78 is 5.56. The summed E-state index contributed by atoms with van der Waals surface area (Å²) in [6.07, 6.45) is 1.36. The minimum absolute atomic E-state index is 0.0261. The van der Waals surface area contributed by atoms with E-state index in [1.54, 1.807) is 11.3 Å². The van der Waals surface area contributed by atoms with Crippen LogP contribution in [0.25, 0.3) is 0 Å². The molecule has 4 nitrogen and oxygen atoms in total. The number of nitrogens with two attached hydrogens (primary N) is 1. The Morgan fingerprint density at radius 1 is 1.71 bits per heavy atom. The molecule has 0 spiro atoms. The van der Waals surface area contributed by atoms with Gasteiger partial charge in [-0.1, -0.05) is 6.07 Å². The van der Waals surface area contributed by atoms with Crippen LogP contribution in [0.5, 0.6) is 0 Å². The Labute approximate surface area is 105 Å². The smallest absolute Gasteiger partial charge is 0.249 e. The van der Waals surface area contributed by atoms with Crippen LogP contribution in [0.2, 0.25) is 0 Å². The lowest BCUT2D eigenvalue weighted by atomic mass is 10.2. The molecule has 0 bridgehead atoms. The second-order valence-electron chi connectivity index (χ2n) is 4.31. The largest absolute Gasteiger partial charge is 0.364 e. The van der Waals surface area contributed by atoms with Gasteiger partial charge in [0.05, 0.1) is 12.1 Å². The van der Waals surface area contributed by atoms with Gasteiger partial charge in [0.2, 0.25) is 5.91 Å². The van der Waals surface area contributed by atoms with Gasteiger partial charge in [-0.15, -0.1) is 11.3 Å². The first-order valence-corrected chi connectivity index (χ1v) is 6.78. The van der Waals surface area contributed by atoms with E-state index >= 15 is 0 Å². The lowest BCUT2D eigenvalue weighted by molar-refractivity contribution is -0.132. The van der Waals surface area contributed by atoms with E-state index < -0.39 is 0 Å². The first-order valence-electron chi connectivity index (χ1n) is 5.90. The SMILES string of the molecule is C[C@H](NC(=O)C1CCC(CN)O1)c1cccs1. The van der Waals surface area contributed by atoms with Crippen molar-refractivity contribution in [2.75, 3.05) is 6.54 Å². The van der Waals surface area contributed by atoms with Crippen LogP contribution in [0, 0.1) is 0 Å². The highest BCUT2D eigenvalue weighted by molar-refractivity contribution is 7.10. The fourth-order valence-electron chi connectivity index (χ4n) is 1.99. The molecule has 5 heteroatoms. The van der Waals surface area contributed by atoms with Gasteiger partial charge in [-0.05, 0) is 31.2 Å². The average Bonchev–Trinajstić information content (AvgIpc) is 3.00. The van der Waals surface area contributed by atoms with Crippen LogP contribution in [0.1, 0.15) is 30.7 Å². The zero-order chi connectivity index (χ0) is 12.3. The topological polar surface area (TPSA) is 64.4 Å². The molecule has 1 fully saturated rings. The molecule has 94 valence electrons. The van der Waals surface area contributed by atoms with Gasteiger partial charge < -0.3 is 15.8 Å². The summed E-state index contributed by atoms with van der Waals surface area (Å²) in [7, 11) is 0. The van der Waals surface area contributed by atoms with Crippen LogP contribution >= 0.6 is 11.3 Å². The maximum absolute atomic E-state index is 11.9. The Bertz CT molecular complexity index is 367. The van der Waals surface area contributed by atoms with Crippen LogP contribution in [-0.4, -0.2) is 24.7 Å². The molecule has 3 N–H and O–H groups in total. The maximum Gasteiger partial charge on any atom is 0.249 e. The highest BCUT2D eigenvalue weighted by Crippen LogP contribution is 2.22. The van der Waals surface area contributed by atoms with E-state index in [4.69, 9.17) is 10.5 Å². The Balaban J connectivity index is 1.85. The predicted octanol–water partition coefficient (Wildman–Crippen LogP) is 1.43. The first kappa shape index (κ1) is 12.5. The molecule has 1 aromatic rings. The third-order valence-corrected chi connectivity index (χ3v) is 4.05. The molecule has 0 aliphatic carbocycles. The number of hydrogen-bond acceptors (Lipinski definition) is 4. The molecule has 1 saturated heterocycles. The Morgan fingerprint density at radius 2 is 2.53 bits per heavy atom. The van der Waals surface area contributed by atoms with Crippen molar-refractivity contribution in [3.05, 3.63) is 22.4 Å². The molecule has 0 saturated carbocycles. The summed E-state index contributed by atoms with van der Waals surface area (Å²) in [6, 6.07) is 4.05.